The van der Waals surface area contributed by atoms with Crippen molar-refractivity contribution in [2.24, 2.45) is 0 Å². The summed E-state index contributed by atoms with van der Waals surface area (Å²) in [5.74, 6) is 2.67. The SMILES string of the molecule is CCOc1ccc(C(=O)NCCSCc2ccc(C)cc2)cc1C. The summed E-state index contributed by atoms with van der Waals surface area (Å²) in [5.41, 5.74) is 4.26. The van der Waals surface area contributed by atoms with Crippen molar-refractivity contribution in [3.05, 3.63) is 64.7 Å². The number of hydrogen-bond donors (Lipinski definition) is 1. The topological polar surface area (TPSA) is 38.3 Å². The molecular weight excluding hydrogens is 318 g/mol. The van der Waals surface area contributed by atoms with Gasteiger partial charge in [0.15, 0.2) is 0 Å². The summed E-state index contributed by atoms with van der Waals surface area (Å²) in [5, 5.41) is 2.97. The number of benzene rings is 2. The van der Waals surface area contributed by atoms with Crippen molar-refractivity contribution >= 4 is 17.7 Å². The molecule has 0 unspecified atom stereocenters. The van der Waals surface area contributed by atoms with E-state index in [2.05, 4.69) is 36.5 Å². The molecule has 3 nitrogen and oxygen atoms in total. The van der Waals surface area contributed by atoms with Gasteiger partial charge < -0.3 is 10.1 Å². The number of thioether (sulfide) groups is 1. The predicted octanol–water partition coefficient (Wildman–Crippen LogP) is 4.37. The molecule has 0 aliphatic rings. The maximum Gasteiger partial charge on any atom is 0.251 e. The summed E-state index contributed by atoms with van der Waals surface area (Å²) in [6.07, 6.45) is 0. The van der Waals surface area contributed by atoms with Gasteiger partial charge in [-0.05, 0) is 50.1 Å². The molecule has 0 aliphatic heterocycles. The van der Waals surface area contributed by atoms with E-state index in [1.165, 1.54) is 11.1 Å². The molecule has 2 rings (SSSR count). The molecule has 128 valence electrons. The Labute approximate surface area is 148 Å². The Balaban J connectivity index is 1.73. The minimum absolute atomic E-state index is 0.0305. The minimum Gasteiger partial charge on any atom is -0.494 e. The fourth-order valence-electron chi connectivity index (χ4n) is 2.32. The maximum atomic E-state index is 12.2. The zero-order valence-electron chi connectivity index (χ0n) is 14.6. The van der Waals surface area contributed by atoms with Crippen LogP contribution in [0.1, 0.15) is 34.0 Å². The molecule has 2 aromatic rings. The summed E-state index contributed by atoms with van der Waals surface area (Å²) in [4.78, 5) is 12.2. The summed E-state index contributed by atoms with van der Waals surface area (Å²) < 4.78 is 5.50. The fraction of sp³-hybridized carbons (Fsp3) is 0.350. The molecular formula is C20H25NO2S. The van der Waals surface area contributed by atoms with Gasteiger partial charge in [-0.1, -0.05) is 29.8 Å². The lowest BCUT2D eigenvalue weighted by Gasteiger charge is -2.09. The van der Waals surface area contributed by atoms with Crippen LogP contribution in [-0.4, -0.2) is 24.8 Å². The predicted molar refractivity (Wildman–Crippen MR) is 102 cm³/mol. The quantitative estimate of drug-likeness (QED) is 0.724. The first-order valence-corrected chi connectivity index (χ1v) is 9.40. The largest absolute Gasteiger partial charge is 0.494 e. The average Bonchev–Trinajstić information content (AvgIpc) is 2.58. The van der Waals surface area contributed by atoms with Gasteiger partial charge in [-0.3, -0.25) is 4.79 Å². The van der Waals surface area contributed by atoms with Gasteiger partial charge in [0.05, 0.1) is 6.61 Å². The van der Waals surface area contributed by atoms with E-state index in [1.807, 2.05) is 43.8 Å². The first kappa shape index (κ1) is 18.4. The molecule has 0 aromatic heterocycles. The van der Waals surface area contributed by atoms with Crippen molar-refractivity contribution in [1.29, 1.82) is 0 Å². The number of rotatable bonds is 8. The van der Waals surface area contributed by atoms with E-state index in [0.717, 1.165) is 22.8 Å². The van der Waals surface area contributed by atoms with Crippen LogP contribution < -0.4 is 10.1 Å². The van der Waals surface area contributed by atoms with Gasteiger partial charge in [-0.2, -0.15) is 11.8 Å². The van der Waals surface area contributed by atoms with Crippen LogP contribution in [0.15, 0.2) is 42.5 Å². The van der Waals surface area contributed by atoms with E-state index < -0.39 is 0 Å². The van der Waals surface area contributed by atoms with Crippen LogP contribution in [0.25, 0.3) is 0 Å². The standard InChI is InChI=1S/C20H25NO2S/c1-4-23-19-10-9-18(13-16(19)3)20(22)21-11-12-24-14-17-7-5-15(2)6-8-17/h5-10,13H,4,11-12,14H2,1-3H3,(H,21,22). The molecule has 0 saturated carbocycles. The summed E-state index contributed by atoms with van der Waals surface area (Å²) in [6.45, 7) is 7.30. The Kier molecular flexibility index (Phi) is 7.19. The van der Waals surface area contributed by atoms with Crippen molar-refractivity contribution in [3.8, 4) is 5.75 Å². The van der Waals surface area contributed by atoms with Crippen molar-refractivity contribution in [3.63, 3.8) is 0 Å². The van der Waals surface area contributed by atoms with E-state index in [1.54, 1.807) is 0 Å². The van der Waals surface area contributed by atoms with Crippen LogP contribution in [-0.2, 0) is 5.75 Å². The molecule has 0 spiro atoms. The second-order valence-electron chi connectivity index (χ2n) is 5.71. The normalized spacial score (nSPS) is 10.5. The molecule has 2 aromatic carbocycles. The lowest BCUT2D eigenvalue weighted by molar-refractivity contribution is 0.0956. The van der Waals surface area contributed by atoms with Gasteiger partial charge in [0, 0.05) is 23.6 Å². The molecule has 24 heavy (non-hydrogen) atoms. The van der Waals surface area contributed by atoms with Crippen molar-refractivity contribution in [2.75, 3.05) is 18.9 Å². The number of carbonyl (C=O) groups is 1. The number of ether oxygens (including phenoxy) is 1. The lowest BCUT2D eigenvalue weighted by atomic mass is 10.1. The number of nitrogens with one attached hydrogen (secondary N) is 1. The Hall–Kier alpha value is -1.94. The Morgan fingerprint density at radius 3 is 2.54 bits per heavy atom. The lowest BCUT2D eigenvalue weighted by Crippen LogP contribution is -2.25. The van der Waals surface area contributed by atoms with Gasteiger partial charge in [-0.25, -0.2) is 0 Å². The van der Waals surface area contributed by atoms with Crippen LogP contribution in [0.4, 0.5) is 0 Å². The molecule has 1 N–H and O–H groups in total. The highest BCUT2D eigenvalue weighted by atomic mass is 32.2. The molecule has 0 radical (unpaired) electrons. The van der Waals surface area contributed by atoms with Gasteiger partial charge in [-0.15, -0.1) is 0 Å². The number of aryl methyl sites for hydroxylation is 2. The molecule has 4 heteroatoms. The van der Waals surface area contributed by atoms with E-state index >= 15 is 0 Å². The molecule has 0 saturated heterocycles. The second kappa shape index (κ2) is 9.38. The number of carbonyl (C=O) groups excluding carboxylic acids is 1. The molecule has 0 heterocycles. The van der Waals surface area contributed by atoms with E-state index in [-0.39, 0.29) is 5.91 Å². The average molecular weight is 343 g/mol. The fourth-order valence-corrected chi connectivity index (χ4v) is 3.14. The summed E-state index contributed by atoms with van der Waals surface area (Å²) in [7, 11) is 0. The zero-order valence-corrected chi connectivity index (χ0v) is 15.4. The van der Waals surface area contributed by atoms with E-state index in [9.17, 15) is 4.79 Å². The minimum atomic E-state index is -0.0305. The highest BCUT2D eigenvalue weighted by molar-refractivity contribution is 7.98. The highest BCUT2D eigenvalue weighted by Crippen LogP contribution is 2.19. The Morgan fingerprint density at radius 2 is 1.88 bits per heavy atom. The van der Waals surface area contributed by atoms with Crippen LogP contribution in [0.5, 0.6) is 5.75 Å². The van der Waals surface area contributed by atoms with Crippen molar-refractivity contribution < 1.29 is 9.53 Å². The van der Waals surface area contributed by atoms with Crippen molar-refractivity contribution in [2.45, 2.75) is 26.5 Å². The highest BCUT2D eigenvalue weighted by Gasteiger charge is 2.07. The molecule has 0 bridgehead atoms. The molecule has 0 atom stereocenters. The van der Waals surface area contributed by atoms with Crippen LogP contribution in [0.2, 0.25) is 0 Å². The second-order valence-corrected chi connectivity index (χ2v) is 6.81. The van der Waals surface area contributed by atoms with E-state index in [4.69, 9.17) is 4.74 Å². The molecule has 0 aliphatic carbocycles. The first-order valence-electron chi connectivity index (χ1n) is 8.25. The zero-order chi connectivity index (χ0) is 17.4. The number of amides is 1. The Morgan fingerprint density at radius 1 is 1.12 bits per heavy atom. The monoisotopic (exact) mass is 343 g/mol. The van der Waals surface area contributed by atoms with Crippen molar-refractivity contribution in [1.82, 2.24) is 5.32 Å². The Bertz CT molecular complexity index is 668. The van der Waals surface area contributed by atoms with Crippen LogP contribution >= 0.6 is 11.8 Å². The van der Waals surface area contributed by atoms with Gasteiger partial charge >= 0.3 is 0 Å². The smallest absolute Gasteiger partial charge is 0.251 e. The van der Waals surface area contributed by atoms with Gasteiger partial charge in [0.2, 0.25) is 0 Å². The molecule has 0 fully saturated rings. The van der Waals surface area contributed by atoms with Gasteiger partial charge in [0.25, 0.3) is 5.91 Å². The third-order valence-electron chi connectivity index (χ3n) is 3.66. The third-order valence-corrected chi connectivity index (χ3v) is 4.69. The third kappa shape index (κ3) is 5.60. The summed E-state index contributed by atoms with van der Waals surface area (Å²) >= 11 is 1.83. The molecule has 1 amide bonds. The number of hydrogen-bond acceptors (Lipinski definition) is 3. The van der Waals surface area contributed by atoms with Crippen LogP contribution in [0, 0.1) is 13.8 Å². The first-order chi connectivity index (χ1) is 11.6. The van der Waals surface area contributed by atoms with E-state index in [0.29, 0.717) is 18.7 Å². The van der Waals surface area contributed by atoms with Gasteiger partial charge in [0.1, 0.15) is 5.75 Å². The summed E-state index contributed by atoms with van der Waals surface area (Å²) in [6, 6.07) is 14.1. The maximum absolute atomic E-state index is 12.2. The van der Waals surface area contributed by atoms with Crippen LogP contribution in [0.3, 0.4) is 0 Å².